The predicted molar refractivity (Wildman–Crippen MR) is 60.7 cm³/mol. The van der Waals surface area contributed by atoms with Gasteiger partial charge in [0, 0.05) is 6.42 Å². The summed E-state index contributed by atoms with van der Waals surface area (Å²) in [5.74, 6) is 1.52. The van der Waals surface area contributed by atoms with Crippen molar-refractivity contribution in [2.24, 2.45) is 11.7 Å². The van der Waals surface area contributed by atoms with Crippen LogP contribution in [0, 0.1) is 19.8 Å². The van der Waals surface area contributed by atoms with Gasteiger partial charge in [-0.05, 0) is 26.3 Å². The number of carbonyl (C=O) groups is 1. The Morgan fingerprint density at radius 2 is 2.25 bits per heavy atom. The van der Waals surface area contributed by atoms with Crippen LogP contribution in [-0.2, 0) is 11.3 Å². The maximum absolute atomic E-state index is 11.4. The van der Waals surface area contributed by atoms with Crippen LogP contribution in [0.25, 0.3) is 0 Å². The first kappa shape index (κ1) is 12.7. The second-order valence-corrected chi connectivity index (χ2v) is 4.07. The molecule has 0 bridgehead atoms. The number of nitrogens with two attached hydrogens (primary N) is 1. The highest BCUT2D eigenvalue weighted by Crippen LogP contribution is 2.08. The molecule has 16 heavy (non-hydrogen) atoms. The average Bonchev–Trinajstić information content (AvgIpc) is 2.55. The van der Waals surface area contributed by atoms with E-state index < -0.39 is 0 Å². The van der Waals surface area contributed by atoms with E-state index in [1.54, 1.807) is 0 Å². The predicted octanol–water partition coefficient (Wildman–Crippen LogP) is 0.893. The van der Waals surface area contributed by atoms with E-state index in [2.05, 4.69) is 10.3 Å². The number of nitrogens with zero attached hydrogens (tertiary/aromatic N) is 1. The van der Waals surface area contributed by atoms with Gasteiger partial charge in [0.05, 0.1) is 12.2 Å². The van der Waals surface area contributed by atoms with Crippen LogP contribution in [0.5, 0.6) is 0 Å². The van der Waals surface area contributed by atoms with E-state index in [0.29, 0.717) is 25.4 Å². The molecule has 90 valence electrons. The maximum Gasteiger partial charge on any atom is 0.220 e. The lowest BCUT2D eigenvalue weighted by Gasteiger charge is -2.07. The fourth-order valence-corrected chi connectivity index (χ4v) is 1.26. The molecule has 1 unspecified atom stereocenters. The van der Waals surface area contributed by atoms with Crippen LogP contribution in [-0.4, -0.2) is 17.4 Å². The van der Waals surface area contributed by atoms with Gasteiger partial charge in [0.1, 0.15) is 5.76 Å². The summed E-state index contributed by atoms with van der Waals surface area (Å²) in [6.45, 7) is 6.53. The highest BCUT2D eigenvalue weighted by Gasteiger charge is 2.09. The van der Waals surface area contributed by atoms with Crippen molar-refractivity contribution >= 4 is 5.91 Å². The van der Waals surface area contributed by atoms with Gasteiger partial charge in [0.15, 0.2) is 0 Å². The van der Waals surface area contributed by atoms with Crippen LogP contribution in [0.15, 0.2) is 4.42 Å². The van der Waals surface area contributed by atoms with Crippen molar-refractivity contribution in [2.75, 3.05) is 6.54 Å². The number of hydrogen-bond donors (Lipinski definition) is 2. The van der Waals surface area contributed by atoms with Gasteiger partial charge in [-0.25, -0.2) is 4.98 Å². The Labute approximate surface area is 95.4 Å². The van der Waals surface area contributed by atoms with Crippen LogP contribution in [0.2, 0.25) is 0 Å². The Balaban J connectivity index is 2.37. The summed E-state index contributed by atoms with van der Waals surface area (Å²) in [5.41, 5.74) is 6.30. The molecule has 1 heterocycles. The zero-order valence-corrected chi connectivity index (χ0v) is 10.0. The van der Waals surface area contributed by atoms with Crippen LogP contribution < -0.4 is 11.1 Å². The standard InChI is InChI=1S/C11H19N3O2/c1-7(5-12)4-10(15)13-6-11-14-8(2)9(3)16-11/h7H,4-6,12H2,1-3H3,(H,13,15). The normalized spacial score (nSPS) is 12.5. The van der Waals surface area contributed by atoms with Crippen LogP contribution >= 0.6 is 0 Å². The van der Waals surface area contributed by atoms with E-state index in [1.165, 1.54) is 0 Å². The summed E-state index contributed by atoms with van der Waals surface area (Å²) in [6, 6.07) is 0. The van der Waals surface area contributed by atoms with Gasteiger partial charge in [-0.1, -0.05) is 6.92 Å². The second kappa shape index (κ2) is 5.65. The lowest BCUT2D eigenvalue weighted by atomic mass is 10.1. The van der Waals surface area contributed by atoms with E-state index in [4.69, 9.17) is 10.2 Å². The number of carbonyl (C=O) groups excluding carboxylic acids is 1. The van der Waals surface area contributed by atoms with E-state index in [0.717, 1.165) is 11.5 Å². The second-order valence-electron chi connectivity index (χ2n) is 4.07. The number of hydrogen-bond acceptors (Lipinski definition) is 4. The highest BCUT2D eigenvalue weighted by atomic mass is 16.4. The summed E-state index contributed by atoms with van der Waals surface area (Å²) in [6.07, 6.45) is 0.440. The number of aryl methyl sites for hydroxylation is 2. The molecule has 1 aromatic rings. The third-order valence-electron chi connectivity index (χ3n) is 2.45. The summed E-state index contributed by atoms with van der Waals surface area (Å²) >= 11 is 0. The van der Waals surface area contributed by atoms with Gasteiger partial charge in [-0.2, -0.15) is 0 Å². The molecule has 1 rings (SSSR count). The summed E-state index contributed by atoms with van der Waals surface area (Å²) in [5, 5.41) is 2.75. The first-order valence-electron chi connectivity index (χ1n) is 5.42. The zero-order chi connectivity index (χ0) is 12.1. The average molecular weight is 225 g/mol. The highest BCUT2D eigenvalue weighted by molar-refractivity contribution is 5.75. The molecule has 0 aromatic carbocycles. The molecule has 0 aliphatic rings. The third-order valence-corrected chi connectivity index (χ3v) is 2.45. The maximum atomic E-state index is 11.4. The van der Waals surface area contributed by atoms with Crippen LogP contribution in [0.3, 0.4) is 0 Å². The molecule has 0 saturated heterocycles. The molecular formula is C11H19N3O2. The van der Waals surface area contributed by atoms with E-state index in [1.807, 2.05) is 20.8 Å². The molecule has 5 heteroatoms. The van der Waals surface area contributed by atoms with E-state index >= 15 is 0 Å². The summed E-state index contributed by atoms with van der Waals surface area (Å²) in [7, 11) is 0. The first-order valence-corrected chi connectivity index (χ1v) is 5.42. The van der Waals surface area contributed by atoms with Gasteiger partial charge in [-0.3, -0.25) is 4.79 Å². The largest absolute Gasteiger partial charge is 0.444 e. The molecular weight excluding hydrogens is 206 g/mol. The van der Waals surface area contributed by atoms with Gasteiger partial charge >= 0.3 is 0 Å². The minimum atomic E-state index is -0.0218. The third kappa shape index (κ3) is 3.66. The van der Waals surface area contributed by atoms with Crippen molar-refractivity contribution in [2.45, 2.75) is 33.7 Å². The Morgan fingerprint density at radius 1 is 1.56 bits per heavy atom. The number of rotatable bonds is 5. The van der Waals surface area contributed by atoms with Gasteiger partial charge < -0.3 is 15.5 Å². The molecule has 0 saturated carbocycles. The molecule has 0 aliphatic heterocycles. The van der Waals surface area contributed by atoms with Crippen molar-refractivity contribution in [1.29, 1.82) is 0 Å². The van der Waals surface area contributed by atoms with E-state index in [-0.39, 0.29) is 11.8 Å². The molecule has 0 aliphatic carbocycles. The number of nitrogens with one attached hydrogen (secondary N) is 1. The molecule has 0 spiro atoms. The molecule has 0 radical (unpaired) electrons. The van der Waals surface area contributed by atoms with E-state index in [9.17, 15) is 4.79 Å². The zero-order valence-electron chi connectivity index (χ0n) is 10.0. The van der Waals surface area contributed by atoms with Crippen molar-refractivity contribution in [1.82, 2.24) is 10.3 Å². The number of aromatic nitrogens is 1. The smallest absolute Gasteiger partial charge is 0.220 e. The van der Waals surface area contributed by atoms with Crippen molar-refractivity contribution < 1.29 is 9.21 Å². The van der Waals surface area contributed by atoms with Gasteiger partial charge in [0.25, 0.3) is 0 Å². The van der Waals surface area contributed by atoms with Crippen LogP contribution in [0.4, 0.5) is 0 Å². The fraction of sp³-hybridized carbons (Fsp3) is 0.636. The fourth-order valence-electron chi connectivity index (χ4n) is 1.26. The van der Waals surface area contributed by atoms with Crippen molar-refractivity contribution in [3.8, 4) is 0 Å². The molecule has 1 aromatic heterocycles. The molecule has 3 N–H and O–H groups in total. The Kier molecular flexibility index (Phi) is 4.49. The Hall–Kier alpha value is -1.36. The first-order chi connectivity index (χ1) is 7.52. The lowest BCUT2D eigenvalue weighted by Crippen LogP contribution is -2.26. The Morgan fingerprint density at radius 3 is 2.75 bits per heavy atom. The molecule has 5 nitrogen and oxygen atoms in total. The van der Waals surface area contributed by atoms with Gasteiger partial charge in [-0.15, -0.1) is 0 Å². The molecule has 0 fully saturated rings. The van der Waals surface area contributed by atoms with Crippen molar-refractivity contribution in [3.63, 3.8) is 0 Å². The minimum absolute atomic E-state index is 0.0218. The lowest BCUT2D eigenvalue weighted by molar-refractivity contribution is -0.122. The quantitative estimate of drug-likeness (QED) is 0.779. The topological polar surface area (TPSA) is 81.2 Å². The van der Waals surface area contributed by atoms with Crippen molar-refractivity contribution in [3.05, 3.63) is 17.3 Å². The summed E-state index contributed by atoms with van der Waals surface area (Å²) in [4.78, 5) is 15.6. The Bertz CT molecular complexity index is 341. The molecule has 1 amide bonds. The minimum Gasteiger partial charge on any atom is -0.444 e. The molecule has 1 atom stereocenters. The SMILES string of the molecule is Cc1nc(CNC(=O)CC(C)CN)oc1C. The van der Waals surface area contributed by atoms with Gasteiger partial charge in [0.2, 0.25) is 11.8 Å². The number of oxazole rings is 1. The summed E-state index contributed by atoms with van der Waals surface area (Å²) < 4.78 is 5.35. The monoisotopic (exact) mass is 225 g/mol. The number of amides is 1. The van der Waals surface area contributed by atoms with Crippen LogP contribution in [0.1, 0.15) is 30.7 Å².